The molecule has 0 aliphatic rings. The van der Waals surface area contributed by atoms with Gasteiger partial charge < -0.3 is 5.11 Å². The minimum atomic E-state index is -0.964. The normalized spacial score (nSPS) is 10.5. The fourth-order valence-corrected chi connectivity index (χ4v) is 1.80. The molecule has 0 spiro atoms. The Bertz CT molecular complexity index is 725. The fraction of sp³-hybridized carbons (Fsp3) is 0.200. The van der Waals surface area contributed by atoms with Crippen molar-refractivity contribution < 1.29 is 9.90 Å². The third-order valence-electron chi connectivity index (χ3n) is 2.95. The fourth-order valence-electron chi connectivity index (χ4n) is 1.80. The standard InChI is InChI=1S/C15H15N5O2/c1-11-10-20(8-2-7-16)19-14(11)9-17-18-13-5-3-12(4-6-13)15(21)22/h3-6,9-10,18H,2,8H2,1H3,(H,21,22). The van der Waals surface area contributed by atoms with Crippen LogP contribution in [0.2, 0.25) is 0 Å². The number of aryl methyl sites for hydroxylation is 2. The third-order valence-corrected chi connectivity index (χ3v) is 2.95. The number of aromatic carboxylic acids is 1. The van der Waals surface area contributed by atoms with Crippen molar-refractivity contribution in [3.63, 3.8) is 0 Å². The molecule has 7 nitrogen and oxygen atoms in total. The van der Waals surface area contributed by atoms with Crippen molar-refractivity contribution in [1.29, 1.82) is 5.26 Å². The molecule has 0 aliphatic heterocycles. The maximum Gasteiger partial charge on any atom is 0.335 e. The Morgan fingerprint density at radius 2 is 2.23 bits per heavy atom. The number of carboxylic acid groups (broad SMARTS) is 1. The van der Waals surface area contributed by atoms with Gasteiger partial charge in [-0.2, -0.15) is 15.5 Å². The first-order valence-electron chi connectivity index (χ1n) is 6.63. The molecular weight excluding hydrogens is 282 g/mol. The summed E-state index contributed by atoms with van der Waals surface area (Å²) in [5.74, 6) is -0.964. The molecule has 0 fully saturated rings. The van der Waals surface area contributed by atoms with E-state index in [1.54, 1.807) is 23.0 Å². The highest BCUT2D eigenvalue weighted by molar-refractivity contribution is 5.88. The zero-order chi connectivity index (χ0) is 15.9. The number of rotatable bonds is 6. The molecule has 112 valence electrons. The van der Waals surface area contributed by atoms with Crippen LogP contribution in [0.1, 0.15) is 28.0 Å². The van der Waals surface area contributed by atoms with Crippen LogP contribution in [-0.4, -0.2) is 27.1 Å². The molecule has 0 atom stereocenters. The SMILES string of the molecule is Cc1cn(CCC#N)nc1C=NNc1ccc(C(=O)O)cc1. The lowest BCUT2D eigenvalue weighted by molar-refractivity contribution is 0.0697. The Balaban J connectivity index is 1.99. The van der Waals surface area contributed by atoms with Crippen LogP contribution in [0.4, 0.5) is 5.69 Å². The highest BCUT2D eigenvalue weighted by Gasteiger charge is 2.03. The molecule has 0 aliphatic carbocycles. The monoisotopic (exact) mass is 297 g/mol. The lowest BCUT2D eigenvalue weighted by Gasteiger charge is -2.00. The Kier molecular flexibility index (Phi) is 4.88. The number of aromatic nitrogens is 2. The van der Waals surface area contributed by atoms with E-state index in [-0.39, 0.29) is 5.56 Å². The zero-order valence-corrected chi connectivity index (χ0v) is 12.0. The molecule has 0 bridgehead atoms. The van der Waals surface area contributed by atoms with Gasteiger partial charge in [-0.3, -0.25) is 10.1 Å². The van der Waals surface area contributed by atoms with E-state index in [0.717, 1.165) is 5.56 Å². The molecule has 1 aromatic heterocycles. The van der Waals surface area contributed by atoms with E-state index in [1.807, 2.05) is 13.1 Å². The molecule has 0 saturated heterocycles. The molecule has 0 amide bonds. The van der Waals surface area contributed by atoms with Crippen LogP contribution in [0.3, 0.4) is 0 Å². The second-order valence-electron chi connectivity index (χ2n) is 4.62. The molecule has 2 rings (SSSR count). The summed E-state index contributed by atoms with van der Waals surface area (Å²) in [6.07, 6.45) is 3.86. The van der Waals surface area contributed by atoms with Gasteiger partial charge in [0.2, 0.25) is 0 Å². The van der Waals surface area contributed by atoms with Crippen molar-refractivity contribution in [3.8, 4) is 6.07 Å². The van der Waals surface area contributed by atoms with Gasteiger partial charge >= 0.3 is 5.97 Å². The maximum atomic E-state index is 10.7. The van der Waals surface area contributed by atoms with Crippen LogP contribution in [0.25, 0.3) is 0 Å². The van der Waals surface area contributed by atoms with Gasteiger partial charge in [0.1, 0.15) is 5.69 Å². The van der Waals surface area contributed by atoms with Crippen molar-refractivity contribution in [2.75, 3.05) is 5.43 Å². The summed E-state index contributed by atoms with van der Waals surface area (Å²) in [6, 6.07) is 8.35. The molecule has 0 saturated carbocycles. The third kappa shape index (κ3) is 3.93. The number of carbonyl (C=O) groups is 1. The number of nitrogens with zero attached hydrogens (tertiary/aromatic N) is 4. The smallest absolute Gasteiger partial charge is 0.335 e. The summed E-state index contributed by atoms with van der Waals surface area (Å²) < 4.78 is 1.71. The van der Waals surface area contributed by atoms with Gasteiger partial charge in [-0.1, -0.05) is 0 Å². The topological polar surface area (TPSA) is 103 Å². The average molecular weight is 297 g/mol. The number of carboxylic acids is 1. The van der Waals surface area contributed by atoms with Gasteiger partial charge in [0.25, 0.3) is 0 Å². The van der Waals surface area contributed by atoms with Crippen LogP contribution < -0.4 is 5.43 Å². The predicted molar refractivity (Wildman–Crippen MR) is 81.8 cm³/mol. The molecule has 7 heteroatoms. The van der Waals surface area contributed by atoms with Crippen molar-refractivity contribution >= 4 is 17.9 Å². The molecule has 22 heavy (non-hydrogen) atoms. The van der Waals surface area contributed by atoms with Gasteiger partial charge in [-0.15, -0.1) is 0 Å². The molecule has 1 aromatic carbocycles. The molecular formula is C15H15N5O2. The maximum absolute atomic E-state index is 10.7. The first kappa shape index (κ1) is 15.3. The highest BCUT2D eigenvalue weighted by atomic mass is 16.4. The summed E-state index contributed by atoms with van der Waals surface area (Å²) >= 11 is 0. The Morgan fingerprint density at radius 3 is 2.86 bits per heavy atom. The van der Waals surface area contributed by atoms with Crippen LogP contribution in [0, 0.1) is 18.3 Å². The van der Waals surface area contributed by atoms with Crippen LogP contribution in [0.15, 0.2) is 35.6 Å². The number of hydrogen-bond acceptors (Lipinski definition) is 5. The molecule has 0 radical (unpaired) electrons. The molecule has 2 N–H and O–H groups in total. The Morgan fingerprint density at radius 1 is 1.50 bits per heavy atom. The minimum absolute atomic E-state index is 0.224. The molecule has 2 aromatic rings. The van der Waals surface area contributed by atoms with Crippen LogP contribution in [0.5, 0.6) is 0 Å². The Hall–Kier alpha value is -3.14. The first-order chi connectivity index (χ1) is 10.6. The van der Waals surface area contributed by atoms with Gasteiger partial charge in [0.15, 0.2) is 0 Å². The van der Waals surface area contributed by atoms with Crippen molar-refractivity contribution in [2.24, 2.45) is 5.10 Å². The summed E-state index contributed by atoms with van der Waals surface area (Å²) in [5.41, 5.74) is 5.40. The number of hydrazone groups is 1. The summed E-state index contributed by atoms with van der Waals surface area (Å²) in [7, 11) is 0. The number of nitriles is 1. The van der Waals surface area contributed by atoms with Crippen LogP contribution in [-0.2, 0) is 6.54 Å². The van der Waals surface area contributed by atoms with E-state index in [2.05, 4.69) is 21.7 Å². The van der Waals surface area contributed by atoms with E-state index in [0.29, 0.717) is 24.3 Å². The van der Waals surface area contributed by atoms with Crippen LogP contribution >= 0.6 is 0 Å². The van der Waals surface area contributed by atoms with Crippen molar-refractivity contribution in [3.05, 3.63) is 47.3 Å². The number of anilines is 1. The van der Waals surface area contributed by atoms with Gasteiger partial charge in [0, 0.05) is 6.20 Å². The number of nitrogens with one attached hydrogen (secondary N) is 1. The van der Waals surface area contributed by atoms with Gasteiger partial charge in [-0.25, -0.2) is 4.79 Å². The van der Waals surface area contributed by atoms with E-state index in [9.17, 15) is 4.79 Å². The van der Waals surface area contributed by atoms with Gasteiger partial charge in [0.05, 0.1) is 36.5 Å². The lowest BCUT2D eigenvalue weighted by atomic mass is 10.2. The van der Waals surface area contributed by atoms with Gasteiger partial charge in [-0.05, 0) is 36.8 Å². The Labute approximate surface area is 127 Å². The predicted octanol–water partition coefficient (Wildman–Crippen LogP) is 2.25. The second kappa shape index (κ2) is 7.04. The van der Waals surface area contributed by atoms with E-state index < -0.39 is 5.97 Å². The van der Waals surface area contributed by atoms with E-state index >= 15 is 0 Å². The second-order valence-corrected chi connectivity index (χ2v) is 4.62. The molecule has 1 heterocycles. The highest BCUT2D eigenvalue weighted by Crippen LogP contribution is 2.09. The first-order valence-corrected chi connectivity index (χ1v) is 6.63. The lowest BCUT2D eigenvalue weighted by Crippen LogP contribution is -1.99. The summed E-state index contributed by atoms with van der Waals surface area (Å²) in [4.78, 5) is 10.7. The van der Waals surface area contributed by atoms with E-state index in [4.69, 9.17) is 10.4 Å². The number of hydrogen-bond donors (Lipinski definition) is 2. The van der Waals surface area contributed by atoms with Crippen molar-refractivity contribution in [1.82, 2.24) is 9.78 Å². The minimum Gasteiger partial charge on any atom is -0.478 e. The van der Waals surface area contributed by atoms with Crippen molar-refractivity contribution in [2.45, 2.75) is 19.9 Å². The average Bonchev–Trinajstić information content (AvgIpc) is 2.86. The van der Waals surface area contributed by atoms with E-state index in [1.165, 1.54) is 12.1 Å². The number of benzene rings is 1. The summed E-state index contributed by atoms with van der Waals surface area (Å²) in [5, 5.41) is 25.8. The largest absolute Gasteiger partial charge is 0.478 e. The zero-order valence-electron chi connectivity index (χ0n) is 12.0. The quantitative estimate of drug-likeness (QED) is 0.628. The summed E-state index contributed by atoms with van der Waals surface area (Å²) in [6.45, 7) is 2.47. The molecule has 0 unspecified atom stereocenters.